The third-order valence-corrected chi connectivity index (χ3v) is 6.08. The van der Waals surface area contributed by atoms with E-state index in [1.165, 1.54) is 41.2 Å². The summed E-state index contributed by atoms with van der Waals surface area (Å²) < 4.78 is 5.20. The van der Waals surface area contributed by atoms with Crippen LogP contribution in [0.5, 0.6) is 5.75 Å². The number of carbonyl (C=O) groups is 1. The van der Waals surface area contributed by atoms with E-state index in [9.17, 15) is 4.79 Å². The Balaban J connectivity index is 1.63. The normalized spacial score (nSPS) is 10.7. The molecule has 0 spiro atoms. The lowest BCUT2D eigenvalue weighted by atomic mass is 10.3. The average Bonchev–Trinajstić information content (AvgIpc) is 3.44. The standard InChI is InChI=1S/C18H14N6O2S3/c1-26-11-2-4-12(5-3-11)28-13-6-7-15(29-18-19-9-21-24-18)23-16(13)17(25)22-14-8-27-10-20-14/h2-10H,1H3,(H,22,25)(H,19,21,24). The van der Waals surface area contributed by atoms with Crippen LogP contribution in [0.1, 0.15) is 10.5 Å². The highest BCUT2D eigenvalue weighted by molar-refractivity contribution is 7.99. The van der Waals surface area contributed by atoms with E-state index in [0.717, 1.165) is 15.5 Å². The fourth-order valence-corrected chi connectivity index (χ4v) is 4.35. The van der Waals surface area contributed by atoms with Gasteiger partial charge in [-0.1, -0.05) is 11.8 Å². The molecule has 1 aromatic carbocycles. The maximum atomic E-state index is 12.9. The van der Waals surface area contributed by atoms with Crippen molar-refractivity contribution in [2.45, 2.75) is 20.0 Å². The highest BCUT2D eigenvalue weighted by atomic mass is 32.2. The Morgan fingerprint density at radius 3 is 2.72 bits per heavy atom. The van der Waals surface area contributed by atoms with Gasteiger partial charge >= 0.3 is 0 Å². The molecule has 29 heavy (non-hydrogen) atoms. The van der Waals surface area contributed by atoms with E-state index in [1.54, 1.807) is 18.0 Å². The molecule has 0 saturated heterocycles. The van der Waals surface area contributed by atoms with Gasteiger partial charge < -0.3 is 15.0 Å². The van der Waals surface area contributed by atoms with E-state index in [2.05, 4.69) is 30.5 Å². The molecular weight excluding hydrogens is 428 g/mol. The number of amides is 1. The molecule has 0 aliphatic rings. The maximum absolute atomic E-state index is 12.9. The monoisotopic (exact) mass is 442 g/mol. The fraction of sp³-hybridized carbons (Fsp3) is 0.0556. The zero-order valence-corrected chi connectivity index (χ0v) is 17.5. The number of aromatic amines is 1. The Morgan fingerprint density at radius 2 is 2.03 bits per heavy atom. The van der Waals surface area contributed by atoms with Crippen molar-refractivity contribution < 1.29 is 9.53 Å². The highest BCUT2D eigenvalue weighted by Gasteiger charge is 2.17. The van der Waals surface area contributed by atoms with Crippen LogP contribution in [-0.4, -0.2) is 38.2 Å². The van der Waals surface area contributed by atoms with Crippen LogP contribution in [0.2, 0.25) is 0 Å². The van der Waals surface area contributed by atoms with Crippen molar-refractivity contribution in [1.82, 2.24) is 25.1 Å². The summed E-state index contributed by atoms with van der Waals surface area (Å²) in [5, 5.41) is 13.5. The van der Waals surface area contributed by atoms with Crippen LogP contribution >= 0.6 is 34.9 Å². The minimum Gasteiger partial charge on any atom is -0.497 e. The van der Waals surface area contributed by atoms with Crippen molar-refractivity contribution in [2.24, 2.45) is 0 Å². The Morgan fingerprint density at radius 1 is 1.17 bits per heavy atom. The number of methoxy groups -OCH3 is 1. The second-order valence-corrected chi connectivity index (χ2v) is 8.34. The van der Waals surface area contributed by atoms with E-state index < -0.39 is 0 Å². The Hall–Kier alpha value is -2.89. The first-order valence-electron chi connectivity index (χ1n) is 8.27. The topological polar surface area (TPSA) is 106 Å². The number of thiazole rings is 1. The molecule has 2 N–H and O–H groups in total. The average molecular weight is 443 g/mol. The van der Waals surface area contributed by atoms with Crippen molar-refractivity contribution in [3.8, 4) is 5.75 Å². The quantitative estimate of drug-likeness (QED) is 0.438. The van der Waals surface area contributed by atoms with Crippen LogP contribution in [-0.2, 0) is 0 Å². The molecular formula is C18H14N6O2S3. The number of rotatable bonds is 7. The molecule has 3 aromatic heterocycles. The number of hydrogen-bond acceptors (Lipinski definition) is 9. The maximum Gasteiger partial charge on any atom is 0.276 e. The molecule has 146 valence electrons. The van der Waals surface area contributed by atoms with Gasteiger partial charge in [0.1, 0.15) is 28.6 Å². The van der Waals surface area contributed by atoms with E-state index in [4.69, 9.17) is 4.74 Å². The predicted octanol–water partition coefficient (Wildman–Crippen LogP) is 4.22. The van der Waals surface area contributed by atoms with E-state index in [-0.39, 0.29) is 5.91 Å². The lowest BCUT2D eigenvalue weighted by Crippen LogP contribution is -2.15. The Labute approximate surface area is 178 Å². The smallest absolute Gasteiger partial charge is 0.276 e. The van der Waals surface area contributed by atoms with Gasteiger partial charge in [-0.05, 0) is 48.2 Å². The molecule has 0 aliphatic heterocycles. The van der Waals surface area contributed by atoms with Gasteiger partial charge in [0, 0.05) is 15.2 Å². The lowest BCUT2D eigenvalue weighted by molar-refractivity contribution is 0.101. The summed E-state index contributed by atoms with van der Waals surface area (Å²) in [6, 6.07) is 11.3. The summed E-state index contributed by atoms with van der Waals surface area (Å²) in [6.45, 7) is 0. The first-order chi connectivity index (χ1) is 14.2. The third kappa shape index (κ3) is 4.94. The number of H-pyrrole nitrogens is 1. The number of carbonyl (C=O) groups excluding carboxylic acids is 1. The summed E-state index contributed by atoms with van der Waals surface area (Å²) in [5.74, 6) is 0.940. The molecule has 0 aliphatic carbocycles. The van der Waals surface area contributed by atoms with Crippen LogP contribution in [0.3, 0.4) is 0 Å². The van der Waals surface area contributed by atoms with Gasteiger partial charge in [-0.15, -0.1) is 21.5 Å². The van der Waals surface area contributed by atoms with Gasteiger partial charge in [-0.3, -0.25) is 4.79 Å². The van der Waals surface area contributed by atoms with Crippen molar-refractivity contribution >= 4 is 46.6 Å². The van der Waals surface area contributed by atoms with E-state index >= 15 is 0 Å². The summed E-state index contributed by atoms with van der Waals surface area (Å²) in [6.07, 6.45) is 1.49. The molecule has 11 heteroatoms. The number of aromatic nitrogens is 5. The van der Waals surface area contributed by atoms with Crippen molar-refractivity contribution in [3.63, 3.8) is 0 Å². The van der Waals surface area contributed by atoms with Gasteiger partial charge in [-0.25, -0.2) is 9.97 Å². The first-order valence-corrected chi connectivity index (χ1v) is 10.9. The van der Waals surface area contributed by atoms with Crippen LogP contribution in [0.25, 0.3) is 0 Å². The second-order valence-electron chi connectivity index (χ2n) is 5.50. The third-order valence-electron chi connectivity index (χ3n) is 3.60. The van der Waals surface area contributed by atoms with Gasteiger partial charge in [-0.2, -0.15) is 0 Å². The SMILES string of the molecule is COc1ccc(Sc2ccc(Sc3nnc[nH]3)nc2C(=O)Nc2cscn2)cc1. The highest BCUT2D eigenvalue weighted by Crippen LogP contribution is 2.33. The van der Waals surface area contributed by atoms with E-state index in [0.29, 0.717) is 21.7 Å². The van der Waals surface area contributed by atoms with E-state index in [1.807, 2.05) is 36.4 Å². The number of hydrogen-bond donors (Lipinski definition) is 2. The van der Waals surface area contributed by atoms with Crippen LogP contribution in [0.4, 0.5) is 5.82 Å². The molecule has 0 unspecified atom stereocenters. The van der Waals surface area contributed by atoms with Crippen LogP contribution in [0.15, 0.2) is 73.6 Å². The number of nitrogens with one attached hydrogen (secondary N) is 2. The van der Waals surface area contributed by atoms with Gasteiger partial charge in [0.2, 0.25) is 0 Å². The number of pyridine rings is 1. The summed E-state index contributed by atoms with van der Waals surface area (Å²) >= 11 is 4.15. The van der Waals surface area contributed by atoms with Gasteiger partial charge in [0.05, 0.1) is 12.6 Å². The minimum atomic E-state index is -0.327. The summed E-state index contributed by atoms with van der Waals surface area (Å²) in [5.41, 5.74) is 1.97. The first kappa shape index (κ1) is 19.4. The Bertz CT molecular complexity index is 1090. The van der Waals surface area contributed by atoms with Gasteiger partial charge in [0.15, 0.2) is 5.16 Å². The fourth-order valence-electron chi connectivity index (χ4n) is 2.29. The minimum absolute atomic E-state index is 0.309. The summed E-state index contributed by atoms with van der Waals surface area (Å²) in [4.78, 5) is 26.2. The predicted molar refractivity (Wildman–Crippen MR) is 112 cm³/mol. The molecule has 4 aromatic rings. The number of benzene rings is 1. The molecule has 0 saturated carbocycles. The lowest BCUT2D eigenvalue weighted by Gasteiger charge is -2.10. The van der Waals surface area contributed by atoms with Crippen molar-refractivity contribution in [3.05, 3.63) is 59.3 Å². The summed E-state index contributed by atoms with van der Waals surface area (Å²) in [7, 11) is 1.62. The van der Waals surface area contributed by atoms with Gasteiger partial charge in [0.25, 0.3) is 5.91 Å². The second kappa shape index (κ2) is 9.07. The van der Waals surface area contributed by atoms with Crippen LogP contribution < -0.4 is 10.1 Å². The molecule has 0 fully saturated rings. The largest absolute Gasteiger partial charge is 0.497 e. The van der Waals surface area contributed by atoms with Crippen molar-refractivity contribution in [1.29, 1.82) is 0 Å². The number of nitrogens with zero attached hydrogens (tertiary/aromatic N) is 4. The van der Waals surface area contributed by atoms with Crippen molar-refractivity contribution in [2.75, 3.05) is 12.4 Å². The molecule has 1 amide bonds. The zero-order chi connectivity index (χ0) is 20.1. The molecule has 0 atom stereocenters. The number of anilines is 1. The molecule has 0 bridgehead atoms. The van der Waals surface area contributed by atoms with Crippen LogP contribution in [0, 0.1) is 0 Å². The number of ether oxygens (including phenoxy) is 1. The molecule has 0 radical (unpaired) electrons. The zero-order valence-electron chi connectivity index (χ0n) is 15.0. The molecule has 3 heterocycles. The molecule has 4 rings (SSSR count). The Kier molecular flexibility index (Phi) is 6.08. The molecule has 8 nitrogen and oxygen atoms in total.